The van der Waals surface area contributed by atoms with Gasteiger partial charge in [-0.05, 0) is 69.9 Å². The van der Waals surface area contributed by atoms with Crippen molar-refractivity contribution in [3.05, 3.63) is 71.8 Å². The van der Waals surface area contributed by atoms with Gasteiger partial charge in [-0.3, -0.25) is 28.8 Å². The van der Waals surface area contributed by atoms with E-state index < -0.39 is 77.7 Å². The van der Waals surface area contributed by atoms with E-state index >= 15 is 0 Å². The summed E-state index contributed by atoms with van der Waals surface area (Å²) in [6, 6.07) is 13.2. The van der Waals surface area contributed by atoms with Crippen molar-refractivity contribution in [1.29, 1.82) is 0 Å². The molecule has 0 spiro atoms. The molecule has 288 valence electrons. The van der Waals surface area contributed by atoms with Crippen LogP contribution in [0, 0.1) is 5.92 Å². The molecule has 0 aliphatic heterocycles. The average molecular weight is 735 g/mol. The van der Waals surface area contributed by atoms with Crippen molar-refractivity contribution in [3.63, 3.8) is 0 Å². The quantitative estimate of drug-likeness (QED) is 0.125. The molecule has 14 heteroatoms. The molecule has 1 saturated carbocycles. The van der Waals surface area contributed by atoms with Gasteiger partial charge in [0.1, 0.15) is 23.7 Å². The molecule has 3 rings (SSSR count). The van der Waals surface area contributed by atoms with E-state index in [0.29, 0.717) is 31.2 Å². The first-order chi connectivity index (χ1) is 25.2. The zero-order valence-electron chi connectivity index (χ0n) is 31.1. The second-order valence-corrected chi connectivity index (χ2v) is 14.3. The van der Waals surface area contributed by atoms with Crippen molar-refractivity contribution >= 4 is 41.4 Å². The number of amides is 6. The number of Topliss-reactive ketones (excluding diaryl/α,β-unsaturated/α-hetero) is 1. The number of nitrogens with two attached hydrogens (primary N) is 1. The summed E-state index contributed by atoms with van der Waals surface area (Å²) in [7, 11) is 0. The summed E-state index contributed by atoms with van der Waals surface area (Å²) in [6.45, 7) is 6.32. The molecule has 6 amide bonds. The Bertz CT molecular complexity index is 1560. The summed E-state index contributed by atoms with van der Waals surface area (Å²) < 4.78 is 5.45. The van der Waals surface area contributed by atoms with E-state index in [4.69, 9.17) is 10.5 Å². The summed E-state index contributed by atoms with van der Waals surface area (Å²) in [5.41, 5.74) is 6.03. The van der Waals surface area contributed by atoms with Gasteiger partial charge in [0.05, 0.1) is 12.6 Å². The summed E-state index contributed by atoms with van der Waals surface area (Å²) in [5, 5.41) is 12.9. The lowest BCUT2D eigenvalue weighted by Crippen LogP contribution is -2.58. The number of ketones is 1. The fourth-order valence-corrected chi connectivity index (χ4v) is 6.20. The van der Waals surface area contributed by atoms with Gasteiger partial charge < -0.3 is 37.1 Å². The number of aryl methyl sites for hydroxylation is 1. The molecule has 0 aromatic heterocycles. The fraction of sp³-hybridized carbons (Fsp3) is 0.513. The predicted octanol–water partition coefficient (Wildman–Crippen LogP) is 2.89. The van der Waals surface area contributed by atoms with Crippen LogP contribution in [0.25, 0.3) is 0 Å². The topological polar surface area (TPSA) is 215 Å². The van der Waals surface area contributed by atoms with Gasteiger partial charge in [-0.1, -0.05) is 93.3 Å². The molecular weight excluding hydrogens is 680 g/mol. The number of carbonyl (C=O) groups excluding carboxylic acids is 7. The van der Waals surface area contributed by atoms with Gasteiger partial charge in [-0.15, -0.1) is 0 Å². The van der Waals surface area contributed by atoms with Crippen LogP contribution in [0.5, 0.6) is 0 Å². The number of primary amides is 1. The van der Waals surface area contributed by atoms with Crippen LogP contribution in [0.4, 0.5) is 4.79 Å². The Hall–Kier alpha value is -5.27. The highest BCUT2D eigenvalue weighted by molar-refractivity contribution is 6.38. The van der Waals surface area contributed by atoms with Crippen molar-refractivity contribution in [3.8, 4) is 0 Å². The number of benzene rings is 2. The van der Waals surface area contributed by atoms with Crippen LogP contribution in [-0.2, 0) is 39.9 Å². The third-order valence-electron chi connectivity index (χ3n) is 8.84. The van der Waals surface area contributed by atoms with Gasteiger partial charge in [0.2, 0.25) is 29.4 Å². The molecule has 1 fully saturated rings. The fourth-order valence-electron chi connectivity index (χ4n) is 6.20. The van der Waals surface area contributed by atoms with Gasteiger partial charge in [0, 0.05) is 0 Å². The van der Waals surface area contributed by atoms with Crippen LogP contribution in [0.2, 0.25) is 0 Å². The third kappa shape index (κ3) is 14.3. The van der Waals surface area contributed by atoms with Crippen LogP contribution in [0.3, 0.4) is 0 Å². The van der Waals surface area contributed by atoms with Crippen molar-refractivity contribution in [2.75, 3.05) is 6.54 Å². The largest absolute Gasteiger partial charge is 0.444 e. The molecule has 14 nitrogen and oxygen atoms in total. The maximum absolute atomic E-state index is 13.9. The number of ether oxygens (including phenoxy) is 1. The van der Waals surface area contributed by atoms with Gasteiger partial charge in [-0.2, -0.15) is 0 Å². The van der Waals surface area contributed by atoms with Gasteiger partial charge in [-0.25, -0.2) is 4.79 Å². The first-order valence-electron chi connectivity index (χ1n) is 18.3. The maximum atomic E-state index is 13.9. The molecule has 1 aliphatic carbocycles. The summed E-state index contributed by atoms with van der Waals surface area (Å²) in [6.07, 6.45) is 4.58. The molecular formula is C39H54N6O8. The first kappa shape index (κ1) is 42.1. The Kier molecular flexibility index (Phi) is 16.5. The second kappa shape index (κ2) is 20.7. The van der Waals surface area contributed by atoms with E-state index in [0.717, 1.165) is 24.8 Å². The summed E-state index contributed by atoms with van der Waals surface area (Å²) in [5.74, 6) is -5.07. The Morgan fingerprint density at radius 3 is 1.96 bits per heavy atom. The number of hydrogen-bond donors (Lipinski definition) is 6. The minimum absolute atomic E-state index is 0.103. The zero-order valence-corrected chi connectivity index (χ0v) is 31.1. The Balaban J connectivity index is 1.73. The SMILES string of the molecule is CCC[C@@H](NC(=O)[C@H](CCc1ccccc1)NC(=O)[C@@H](NC(=O)OC(C)(C)C)C1CCCCC1)C(=O)C(=O)NCC(=O)N[C@H](C(N)=O)c1ccccc1. The van der Waals surface area contributed by atoms with Crippen LogP contribution in [-0.4, -0.2) is 71.7 Å². The third-order valence-corrected chi connectivity index (χ3v) is 8.84. The van der Waals surface area contributed by atoms with Crippen LogP contribution in [0.15, 0.2) is 60.7 Å². The number of nitrogens with one attached hydrogen (secondary N) is 5. The molecule has 4 atom stereocenters. The highest BCUT2D eigenvalue weighted by atomic mass is 16.6. The van der Waals surface area contributed by atoms with Crippen molar-refractivity contribution < 1.29 is 38.3 Å². The molecule has 1 aliphatic rings. The lowest BCUT2D eigenvalue weighted by atomic mass is 9.83. The smallest absolute Gasteiger partial charge is 0.408 e. The van der Waals surface area contributed by atoms with Crippen molar-refractivity contribution in [1.82, 2.24) is 26.6 Å². The van der Waals surface area contributed by atoms with Gasteiger partial charge in [0.15, 0.2) is 0 Å². The summed E-state index contributed by atoms with van der Waals surface area (Å²) in [4.78, 5) is 91.5. The van der Waals surface area contributed by atoms with E-state index in [1.807, 2.05) is 30.3 Å². The number of alkyl carbamates (subject to hydrolysis) is 1. The predicted molar refractivity (Wildman–Crippen MR) is 198 cm³/mol. The van der Waals surface area contributed by atoms with E-state index in [2.05, 4.69) is 26.6 Å². The lowest BCUT2D eigenvalue weighted by Gasteiger charge is -2.32. The molecule has 0 bridgehead atoms. The van der Waals surface area contributed by atoms with Gasteiger partial charge >= 0.3 is 6.09 Å². The van der Waals surface area contributed by atoms with Gasteiger partial charge in [0.25, 0.3) is 5.91 Å². The molecule has 0 radical (unpaired) electrons. The Morgan fingerprint density at radius 2 is 1.38 bits per heavy atom. The molecule has 0 heterocycles. The van der Waals surface area contributed by atoms with Crippen molar-refractivity contribution in [2.24, 2.45) is 11.7 Å². The molecule has 0 unspecified atom stereocenters. The standard InChI is InChI=1S/C39H54N6O8/c1-5-15-28(33(47)37(51)41-24-30(46)44-31(34(40)48)26-18-11-7-12-19-26)42-35(49)29(23-22-25-16-9-6-10-17-25)43-36(50)32(27-20-13-8-14-21-27)45-38(52)53-39(2,3)4/h6-7,9-12,16-19,27-29,31-32H,5,8,13-15,20-24H2,1-4H3,(H2,40,48)(H,41,51)(H,42,49)(H,43,50)(H,44,46)(H,45,52)/t28-,29+,31+,32+/m1/s1. The molecule has 2 aromatic carbocycles. The first-order valence-corrected chi connectivity index (χ1v) is 18.3. The molecule has 7 N–H and O–H groups in total. The Labute approximate surface area is 311 Å². The molecule has 2 aromatic rings. The van der Waals surface area contributed by atoms with E-state index in [9.17, 15) is 33.6 Å². The van der Waals surface area contributed by atoms with Crippen LogP contribution in [0.1, 0.15) is 96.2 Å². The number of rotatable bonds is 18. The van der Waals surface area contributed by atoms with Crippen molar-refractivity contribution in [2.45, 2.75) is 115 Å². The maximum Gasteiger partial charge on any atom is 0.408 e. The number of carbonyl (C=O) groups is 7. The normalized spacial score (nSPS) is 15.4. The Morgan fingerprint density at radius 1 is 0.774 bits per heavy atom. The summed E-state index contributed by atoms with van der Waals surface area (Å²) >= 11 is 0. The highest BCUT2D eigenvalue weighted by Gasteiger charge is 2.36. The van der Waals surface area contributed by atoms with E-state index in [1.165, 1.54) is 0 Å². The van der Waals surface area contributed by atoms with E-state index in [-0.39, 0.29) is 18.8 Å². The second-order valence-electron chi connectivity index (χ2n) is 14.3. The molecule has 53 heavy (non-hydrogen) atoms. The lowest BCUT2D eigenvalue weighted by molar-refractivity contribution is -0.141. The minimum atomic E-state index is -1.26. The number of hydrogen-bond acceptors (Lipinski definition) is 8. The monoisotopic (exact) mass is 734 g/mol. The average Bonchev–Trinajstić information content (AvgIpc) is 3.13. The highest BCUT2D eigenvalue weighted by Crippen LogP contribution is 2.27. The molecule has 0 saturated heterocycles. The minimum Gasteiger partial charge on any atom is -0.444 e. The van der Waals surface area contributed by atoms with Crippen LogP contribution < -0.4 is 32.3 Å². The van der Waals surface area contributed by atoms with Crippen LogP contribution >= 0.6 is 0 Å². The van der Waals surface area contributed by atoms with E-state index in [1.54, 1.807) is 58.0 Å². The zero-order chi connectivity index (χ0) is 39.0.